The van der Waals surface area contributed by atoms with Gasteiger partial charge < -0.3 is 33.6 Å². The van der Waals surface area contributed by atoms with Crippen molar-refractivity contribution in [2.75, 3.05) is 0 Å². The quantitative estimate of drug-likeness (QED) is 0.343. The number of rotatable bonds is 0. The van der Waals surface area contributed by atoms with Crippen LogP contribution in [0.4, 0.5) is 0 Å². The molecule has 0 aromatic rings. The van der Waals surface area contributed by atoms with Crippen LogP contribution in [0.2, 0.25) is 0 Å². The molecule has 0 aliphatic heterocycles. The van der Waals surface area contributed by atoms with Crippen LogP contribution in [0, 0.1) is 0 Å². The Bertz CT molecular complexity index is 140. The maximum atomic E-state index is 8.52. The van der Waals surface area contributed by atoms with Crippen LogP contribution in [0.15, 0.2) is 0 Å². The second-order valence-electron chi connectivity index (χ2n) is 0.692. The Hall–Kier alpha value is 3.24. The van der Waals surface area contributed by atoms with Gasteiger partial charge in [0.25, 0.3) is 0 Å². The molecule has 11 nitrogen and oxygen atoms in total. The molecule has 0 aromatic heterocycles. The first-order valence-electron chi connectivity index (χ1n) is 2.17. The van der Waals surface area contributed by atoms with Gasteiger partial charge in [-0.25, -0.2) is 0 Å². The summed E-state index contributed by atoms with van der Waals surface area (Å²) in [6, 6.07) is 0. The van der Waals surface area contributed by atoms with Crippen molar-refractivity contribution in [3.05, 3.63) is 0 Å². The van der Waals surface area contributed by atoms with Crippen molar-refractivity contribution in [1.82, 2.24) is 0 Å². The van der Waals surface area contributed by atoms with Crippen LogP contribution in [-0.2, 0) is 16.5 Å². The summed E-state index contributed by atoms with van der Waals surface area (Å²) in [5.74, 6) is 0. The molecule has 0 atom stereocenters. The third-order valence-corrected chi connectivity index (χ3v) is 0. The zero-order valence-corrected chi connectivity index (χ0v) is 19.8. The molecule has 0 heterocycles. The molecule has 2 N–H and O–H groups in total. The Morgan fingerprint density at radius 2 is 0.667 bits per heavy atom. The van der Waals surface area contributed by atoms with E-state index in [2.05, 4.69) is 0 Å². The van der Waals surface area contributed by atoms with Crippen molar-refractivity contribution < 1.29 is 49.5 Å². The van der Waals surface area contributed by atoms with E-state index in [0.717, 1.165) is 0 Å². The van der Waals surface area contributed by atoms with Crippen LogP contribution in [0.1, 0.15) is 0 Å². The second-order valence-corrected chi connectivity index (χ2v) is 2.08. The normalized spacial score (nSPS) is 3.56. The van der Waals surface area contributed by atoms with E-state index in [0.29, 0.717) is 0 Å². The first kappa shape index (κ1) is 49.6. The Kier molecular flexibility index (Phi) is 164. The average molecular weight is 408 g/mol. The minimum absolute atomic E-state index is 0. The third kappa shape index (κ3) is 610. The monoisotopic (exact) mass is 408 g/mol. The summed E-state index contributed by atoms with van der Waals surface area (Å²) in [6.45, 7) is 0. The van der Waals surface area contributed by atoms with E-state index >= 15 is 0 Å². The van der Waals surface area contributed by atoms with Crippen LogP contribution in [0.25, 0.3) is 0 Å². The summed E-state index contributed by atoms with van der Waals surface area (Å²) < 4.78 is 50.9. The van der Waals surface area contributed by atoms with Crippen LogP contribution in [0.3, 0.4) is 0 Å². The van der Waals surface area contributed by atoms with Crippen molar-refractivity contribution in [2.24, 2.45) is 0 Å². The molecule has 0 saturated heterocycles. The van der Waals surface area contributed by atoms with Gasteiger partial charge in [0, 0.05) is 18.3 Å². The van der Waals surface area contributed by atoms with E-state index in [1.165, 1.54) is 0 Å². The van der Waals surface area contributed by atoms with E-state index < -0.39 is 49.3 Å². The fraction of sp³-hybridized carbons (Fsp3) is 0. The van der Waals surface area contributed by atoms with Crippen molar-refractivity contribution in [2.45, 2.75) is 0 Å². The predicted octanol–water partition coefficient (Wildman–Crippen LogP) is -11.1. The Morgan fingerprint density at radius 1 is 0.667 bits per heavy atom. The Morgan fingerprint density at radius 3 is 0.667 bits per heavy atom. The fourth-order valence-electron chi connectivity index (χ4n) is 0. The van der Waals surface area contributed by atoms with Crippen LogP contribution in [0.5, 0.6) is 0 Å². The third-order valence-electron chi connectivity index (χ3n) is 0. The minimum atomic E-state index is -3.63. The summed E-state index contributed by atoms with van der Waals surface area (Å²) in [5, 5.41) is 0. The summed E-state index contributed by atoms with van der Waals surface area (Å²) in [6.07, 6.45) is 0. The molecule has 0 rings (SSSR count). The molecule has 0 unspecified atom stereocenters. The van der Waals surface area contributed by atoms with Gasteiger partial charge in [-0.05, 0) is 0 Å². The zero-order chi connectivity index (χ0) is 12.6. The molecule has 0 bridgehead atoms. The average Bonchev–Trinajstić information content (AvgIpc) is 1.85. The first-order chi connectivity index (χ1) is 6.29. The molecule has 18 heavy (non-hydrogen) atoms. The molecule has 0 fully saturated rings. The summed E-state index contributed by atoms with van der Waals surface area (Å²) in [7, 11) is -7.26. The van der Waals surface area contributed by atoms with E-state index in [-0.39, 0.29) is 119 Å². The van der Waals surface area contributed by atoms with Gasteiger partial charge in [0.1, 0.15) is 0 Å². The van der Waals surface area contributed by atoms with Crippen molar-refractivity contribution in [1.29, 1.82) is 0 Å². The van der Waals surface area contributed by atoms with Crippen molar-refractivity contribution in [3.8, 4) is 0 Å². The molecule has 18 heteroatoms. The molecule has 0 saturated carbocycles. The molecule has 0 aliphatic carbocycles. The van der Waals surface area contributed by atoms with E-state index in [9.17, 15) is 0 Å². The predicted molar refractivity (Wildman–Crippen MR) is 46.6 cm³/mol. The molecule has 0 spiro atoms. The van der Waals surface area contributed by atoms with Crippen LogP contribution in [-0.4, -0.2) is 168 Å². The topological polar surface area (TPSA) is 238 Å². The molecule has 0 aromatic carbocycles. The first-order valence-corrected chi connectivity index (χ1v) is 6.50. The SMILES string of the molecule is O.O=[Si]([O-])[O-].O=[Si]([O-])[O-].[Ca+2].[Ca+2].[Ca+2].[O]=[Al][O-].[O]=[Al][O-]. The number of hydrogen-bond donors (Lipinski definition) is 0. The Labute approximate surface area is 207 Å². The van der Waals surface area contributed by atoms with Gasteiger partial charge in [-0.2, -0.15) is 0 Å². The Balaban J connectivity index is -0.0000000116. The maximum absolute atomic E-state index is 8.52. The van der Waals surface area contributed by atoms with Gasteiger partial charge in [-0.3, -0.25) is 0 Å². The standard InChI is InChI=1S/2Al.3Ca.2O3Si.H2O.4O/c;;;;;2*1-4(2)3;;;;;/h;;;;;;;1H2;;;;/q;;3*+2;2*-2;;;;2*-1. The molecule has 0 radical (unpaired) electrons. The van der Waals surface area contributed by atoms with Gasteiger partial charge in [-0.1, -0.05) is 0 Å². The summed E-state index contributed by atoms with van der Waals surface area (Å²) in [5.41, 5.74) is 0. The van der Waals surface area contributed by atoms with Gasteiger partial charge in [0.2, 0.25) is 0 Å². The zero-order valence-electron chi connectivity index (χ0n) is 8.86. The molecule has 0 amide bonds. The van der Waals surface area contributed by atoms with Crippen LogP contribution < -0.4 is 27.5 Å². The van der Waals surface area contributed by atoms with Gasteiger partial charge in [-0.15, -0.1) is 0 Å². The molecular weight excluding hydrogens is 406 g/mol. The summed E-state index contributed by atoms with van der Waals surface area (Å²) >= 11 is -3.50. The van der Waals surface area contributed by atoms with E-state index in [1.807, 2.05) is 0 Å². The van der Waals surface area contributed by atoms with E-state index in [1.54, 1.807) is 0 Å². The molecule has 0 aliphatic rings. The van der Waals surface area contributed by atoms with Gasteiger partial charge in [0.15, 0.2) is 0 Å². The molecule has 88 valence electrons. The fourth-order valence-corrected chi connectivity index (χ4v) is 0. The van der Waals surface area contributed by atoms with Gasteiger partial charge in [0.05, 0.1) is 0 Å². The van der Waals surface area contributed by atoms with Crippen molar-refractivity contribution in [3.63, 3.8) is 0 Å². The van der Waals surface area contributed by atoms with Gasteiger partial charge >= 0.3 is 160 Å². The number of hydrogen-bond acceptors (Lipinski definition) is 10. The van der Waals surface area contributed by atoms with Crippen molar-refractivity contribution >= 4 is 163 Å². The second kappa shape index (κ2) is 59.3. The van der Waals surface area contributed by atoms with Crippen LogP contribution >= 0.6 is 0 Å². The molecular formula is H2Al2Ca3O11Si2. The summed E-state index contributed by atoms with van der Waals surface area (Å²) in [4.78, 5) is 34.1. The van der Waals surface area contributed by atoms with E-state index in [4.69, 9.17) is 44.0 Å².